The summed E-state index contributed by atoms with van der Waals surface area (Å²) < 4.78 is 5.14. The minimum atomic E-state index is 0.0109. The summed E-state index contributed by atoms with van der Waals surface area (Å²) in [5.41, 5.74) is 4.02. The monoisotopic (exact) mass is 356 g/mol. The summed E-state index contributed by atoms with van der Waals surface area (Å²) in [4.78, 5) is 17.0. The van der Waals surface area contributed by atoms with E-state index < -0.39 is 0 Å². The summed E-state index contributed by atoms with van der Waals surface area (Å²) >= 11 is 0. The zero-order valence-corrected chi connectivity index (χ0v) is 15.9. The van der Waals surface area contributed by atoms with Crippen LogP contribution in [0, 0.1) is 13.8 Å². The molecule has 0 atom stereocenters. The van der Waals surface area contributed by atoms with Crippen molar-refractivity contribution in [1.82, 2.24) is 15.0 Å². The summed E-state index contributed by atoms with van der Waals surface area (Å²) in [6.45, 7) is 9.22. The lowest BCUT2D eigenvalue weighted by atomic mass is 10.1. The van der Waals surface area contributed by atoms with Crippen molar-refractivity contribution in [3.63, 3.8) is 0 Å². The third-order valence-corrected chi connectivity index (χ3v) is 5.02. The number of nitrogens with zero attached hydrogens (tertiary/aromatic N) is 3. The molecule has 6 nitrogen and oxygen atoms in total. The van der Waals surface area contributed by atoms with Crippen LogP contribution >= 0.6 is 0 Å². The standard InChI is InChI=1S/C20H28N4O2/c1-15-19(16(2)26-22-15)8-9-20(25)21-18-6-4-17(5-7-18)14-24-12-10-23(3)11-13-24/h4-7H,8-14H2,1-3H3,(H,21,25). The molecule has 1 aliphatic rings. The van der Waals surface area contributed by atoms with Gasteiger partial charge in [-0.15, -0.1) is 0 Å². The number of anilines is 1. The second-order valence-corrected chi connectivity index (χ2v) is 7.13. The smallest absolute Gasteiger partial charge is 0.224 e. The van der Waals surface area contributed by atoms with Crippen LogP contribution in [0.5, 0.6) is 0 Å². The highest BCUT2D eigenvalue weighted by Crippen LogP contribution is 2.16. The number of piperazine rings is 1. The topological polar surface area (TPSA) is 61.6 Å². The number of aromatic nitrogens is 1. The number of aryl methyl sites for hydroxylation is 2. The number of carbonyl (C=O) groups excluding carboxylic acids is 1. The van der Waals surface area contributed by atoms with Crippen molar-refractivity contribution in [1.29, 1.82) is 0 Å². The lowest BCUT2D eigenvalue weighted by molar-refractivity contribution is -0.116. The minimum Gasteiger partial charge on any atom is -0.361 e. The Hall–Kier alpha value is -2.18. The average molecular weight is 356 g/mol. The Morgan fingerprint density at radius 1 is 1.15 bits per heavy atom. The van der Waals surface area contributed by atoms with Crippen molar-refractivity contribution in [2.45, 2.75) is 33.2 Å². The van der Waals surface area contributed by atoms with Gasteiger partial charge in [-0.2, -0.15) is 0 Å². The molecule has 0 saturated carbocycles. The fourth-order valence-electron chi connectivity index (χ4n) is 3.28. The molecule has 1 aliphatic heterocycles. The van der Waals surface area contributed by atoms with Crippen LogP contribution in [-0.4, -0.2) is 54.1 Å². The SMILES string of the molecule is Cc1noc(C)c1CCC(=O)Nc1ccc(CN2CCN(C)CC2)cc1. The molecule has 6 heteroatoms. The van der Waals surface area contributed by atoms with Gasteiger partial charge in [0.15, 0.2) is 0 Å². The van der Waals surface area contributed by atoms with Crippen molar-refractivity contribution in [3.8, 4) is 0 Å². The van der Waals surface area contributed by atoms with Gasteiger partial charge in [-0.05, 0) is 45.0 Å². The molecule has 3 rings (SSSR count). The first-order chi connectivity index (χ1) is 12.5. The summed E-state index contributed by atoms with van der Waals surface area (Å²) in [5.74, 6) is 0.806. The maximum absolute atomic E-state index is 12.2. The number of rotatable bonds is 6. The maximum Gasteiger partial charge on any atom is 0.224 e. The van der Waals surface area contributed by atoms with E-state index in [9.17, 15) is 4.79 Å². The first kappa shape index (κ1) is 18.6. The molecule has 1 aromatic carbocycles. The van der Waals surface area contributed by atoms with Gasteiger partial charge in [-0.1, -0.05) is 17.3 Å². The largest absolute Gasteiger partial charge is 0.361 e. The molecule has 1 fully saturated rings. The molecular weight excluding hydrogens is 328 g/mol. The van der Waals surface area contributed by atoms with E-state index in [0.29, 0.717) is 12.8 Å². The normalized spacial score (nSPS) is 16.0. The number of nitrogens with one attached hydrogen (secondary N) is 1. The third-order valence-electron chi connectivity index (χ3n) is 5.02. The highest BCUT2D eigenvalue weighted by Gasteiger charge is 2.14. The zero-order chi connectivity index (χ0) is 18.5. The predicted octanol–water partition coefficient (Wildman–Crippen LogP) is 2.61. The Balaban J connectivity index is 1.47. The third kappa shape index (κ3) is 4.93. The Bertz CT molecular complexity index is 711. The van der Waals surface area contributed by atoms with Crippen molar-refractivity contribution in [2.75, 3.05) is 38.5 Å². The fourth-order valence-corrected chi connectivity index (χ4v) is 3.28. The van der Waals surface area contributed by atoms with E-state index in [-0.39, 0.29) is 5.91 Å². The van der Waals surface area contributed by atoms with E-state index in [1.807, 2.05) is 26.0 Å². The van der Waals surface area contributed by atoms with Gasteiger partial charge in [-0.3, -0.25) is 9.69 Å². The number of carbonyl (C=O) groups is 1. The molecule has 1 N–H and O–H groups in total. The van der Waals surface area contributed by atoms with Crippen LogP contribution < -0.4 is 5.32 Å². The lowest BCUT2D eigenvalue weighted by Crippen LogP contribution is -2.43. The van der Waals surface area contributed by atoms with Gasteiger partial charge in [-0.25, -0.2) is 0 Å². The molecule has 1 saturated heterocycles. The van der Waals surface area contributed by atoms with E-state index in [4.69, 9.17) is 4.52 Å². The first-order valence-corrected chi connectivity index (χ1v) is 9.22. The molecule has 0 spiro atoms. The van der Waals surface area contributed by atoms with E-state index >= 15 is 0 Å². The summed E-state index contributed by atoms with van der Waals surface area (Å²) in [6, 6.07) is 8.17. The Labute approximate surface area is 155 Å². The van der Waals surface area contributed by atoms with Gasteiger partial charge >= 0.3 is 0 Å². The minimum absolute atomic E-state index is 0.0109. The van der Waals surface area contributed by atoms with Gasteiger partial charge in [0.1, 0.15) is 5.76 Å². The van der Waals surface area contributed by atoms with Crippen LogP contribution in [0.15, 0.2) is 28.8 Å². The Morgan fingerprint density at radius 3 is 2.46 bits per heavy atom. The number of benzene rings is 1. The van der Waals surface area contributed by atoms with Crippen molar-refractivity contribution < 1.29 is 9.32 Å². The summed E-state index contributed by atoms with van der Waals surface area (Å²) in [5, 5.41) is 6.90. The van der Waals surface area contributed by atoms with Gasteiger partial charge in [0.2, 0.25) is 5.91 Å². The molecule has 0 aliphatic carbocycles. The molecule has 0 radical (unpaired) electrons. The van der Waals surface area contributed by atoms with E-state index in [0.717, 1.165) is 55.4 Å². The number of hydrogen-bond acceptors (Lipinski definition) is 5. The maximum atomic E-state index is 12.2. The molecule has 1 aromatic heterocycles. The van der Waals surface area contributed by atoms with Gasteiger partial charge < -0.3 is 14.7 Å². The molecule has 0 bridgehead atoms. The van der Waals surface area contributed by atoms with Crippen LogP contribution in [0.25, 0.3) is 0 Å². The summed E-state index contributed by atoms with van der Waals surface area (Å²) in [6.07, 6.45) is 1.07. The molecule has 140 valence electrons. The average Bonchev–Trinajstić information content (AvgIpc) is 2.95. The van der Waals surface area contributed by atoms with Crippen molar-refractivity contribution >= 4 is 11.6 Å². The van der Waals surface area contributed by atoms with Gasteiger partial charge in [0.05, 0.1) is 5.69 Å². The van der Waals surface area contributed by atoms with Crippen LogP contribution in [-0.2, 0) is 17.8 Å². The highest BCUT2D eigenvalue weighted by atomic mass is 16.5. The van der Waals surface area contributed by atoms with Crippen LogP contribution in [0.1, 0.15) is 29.0 Å². The van der Waals surface area contributed by atoms with Crippen molar-refractivity contribution in [2.24, 2.45) is 0 Å². The molecule has 0 unspecified atom stereocenters. The molecule has 1 amide bonds. The Kier molecular flexibility index (Phi) is 6.06. The van der Waals surface area contributed by atoms with E-state index in [2.05, 4.69) is 39.5 Å². The van der Waals surface area contributed by atoms with Crippen molar-refractivity contribution in [3.05, 3.63) is 46.8 Å². The van der Waals surface area contributed by atoms with Gasteiger partial charge in [0.25, 0.3) is 0 Å². The van der Waals surface area contributed by atoms with E-state index in [1.54, 1.807) is 0 Å². The van der Waals surface area contributed by atoms with Crippen LogP contribution in [0.4, 0.5) is 5.69 Å². The quantitative estimate of drug-likeness (QED) is 0.862. The van der Waals surface area contributed by atoms with Crippen LogP contribution in [0.3, 0.4) is 0 Å². The molecular formula is C20H28N4O2. The summed E-state index contributed by atoms with van der Waals surface area (Å²) in [7, 11) is 2.17. The fraction of sp³-hybridized carbons (Fsp3) is 0.500. The second kappa shape index (κ2) is 8.47. The molecule has 26 heavy (non-hydrogen) atoms. The molecule has 2 aromatic rings. The predicted molar refractivity (Wildman–Crippen MR) is 102 cm³/mol. The number of amides is 1. The van der Waals surface area contributed by atoms with Crippen LogP contribution in [0.2, 0.25) is 0 Å². The Morgan fingerprint density at radius 2 is 1.85 bits per heavy atom. The highest BCUT2D eigenvalue weighted by molar-refractivity contribution is 5.90. The number of likely N-dealkylation sites (N-methyl/N-ethyl adjacent to an activating group) is 1. The number of hydrogen-bond donors (Lipinski definition) is 1. The van der Waals surface area contributed by atoms with Gasteiger partial charge in [0, 0.05) is 50.4 Å². The second-order valence-electron chi connectivity index (χ2n) is 7.13. The zero-order valence-electron chi connectivity index (χ0n) is 15.9. The molecule has 2 heterocycles. The lowest BCUT2D eigenvalue weighted by Gasteiger charge is -2.32. The first-order valence-electron chi connectivity index (χ1n) is 9.22. The van der Waals surface area contributed by atoms with E-state index in [1.165, 1.54) is 5.56 Å².